The van der Waals surface area contributed by atoms with Crippen LogP contribution in [0.3, 0.4) is 0 Å². The second kappa shape index (κ2) is 3.87. The number of aryl methyl sites for hydroxylation is 1. The standard InChI is InChI=1S/C9H15N3O/c1-2-3-8-11-12-9(13-8)6-10-7-4-5-7/h7,10H,2-6H2,1H3. The predicted octanol–water partition coefficient (Wildman–Crippen LogP) is 1.27. The van der Waals surface area contributed by atoms with Crippen molar-refractivity contribution in [3.8, 4) is 0 Å². The molecule has 0 atom stereocenters. The summed E-state index contributed by atoms with van der Waals surface area (Å²) < 4.78 is 5.42. The molecule has 2 rings (SSSR count). The average Bonchev–Trinajstić information content (AvgIpc) is 2.85. The molecule has 1 fully saturated rings. The summed E-state index contributed by atoms with van der Waals surface area (Å²) in [5.41, 5.74) is 0. The minimum Gasteiger partial charge on any atom is -0.424 e. The Labute approximate surface area is 77.7 Å². The normalized spacial score (nSPS) is 16.4. The molecule has 0 radical (unpaired) electrons. The lowest BCUT2D eigenvalue weighted by Crippen LogP contribution is -2.15. The van der Waals surface area contributed by atoms with Gasteiger partial charge in [0.05, 0.1) is 6.54 Å². The van der Waals surface area contributed by atoms with Crippen molar-refractivity contribution in [1.82, 2.24) is 15.5 Å². The lowest BCUT2D eigenvalue weighted by molar-refractivity contribution is 0.430. The molecular formula is C9H15N3O. The van der Waals surface area contributed by atoms with Gasteiger partial charge in [-0.2, -0.15) is 0 Å². The van der Waals surface area contributed by atoms with E-state index >= 15 is 0 Å². The molecule has 0 aliphatic heterocycles. The monoisotopic (exact) mass is 181 g/mol. The van der Waals surface area contributed by atoms with Crippen molar-refractivity contribution in [3.63, 3.8) is 0 Å². The minimum atomic E-state index is 0.696. The van der Waals surface area contributed by atoms with Crippen molar-refractivity contribution in [3.05, 3.63) is 11.8 Å². The highest BCUT2D eigenvalue weighted by Gasteiger charge is 2.20. The van der Waals surface area contributed by atoms with E-state index in [2.05, 4.69) is 22.4 Å². The zero-order valence-corrected chi connectivity index (χ0v) is 7.92. The summed E-state index contributed by atoms with van der Waals surface area (Å²) in [5, 5.41) is 11.2. The molecular weight excluding hydrogens is 166 g/mol. The molecule has 1 N–H and O–H groups in total. The summed E-state index contributed by atoms with van der Waals surface area (Å²) in [6.45, 7) is 2.83. The van der Waals surface area contributed by atoms with Gasteiger partial charge in [-0.3, -0.25) is 0 Å². The van der Waals surface area contributed by atoms with Gasteiger partial charge < -0.3 is 9.73 Å². The fraction of sp³-hybridized carbons (Fsp3) is 0.778. The maximum Gasteiger partial charge on any atom is 0.230 e. The van der Waals surface area contributed by atoms with Gasteiger partial charge in [-0.15, -0.1) is 10.2 Å². The Hall–Kier alpha value is -0.900. The maximum atomic E-state index is 5.42. The molecule has 72 valence electrons. The highest BCUT2D eigenvalue weighted by molar-refractivity contribution is 4.86. The number of rotatable bonds is 5. The van der Waals surface area contributed by atoms with Gasteiger partial charge in [0.25, 0.3) is 0 Å². The highest BCUT2D eigenvalue weighted by Crippen LogP contribution is 2.19. The van der Waals surface area contributed by atoms with Crippen LogP contribution in [-0.2, 0) is 13.0 Å². The van der Waals surface area contributed by atoms with Crippen LogP contribution in [-0.4, -0.2) is 16.2 Å². The number of hydrogen-bond donors (Lipinski definition) is 1. The van der Waals surface area contributed by atoms with E-state index < -0.39 is 0 Å². The molecule has 4 heteroatoms. The first kappa shape index (κ1) is 8.69. The molecule has 1 saturated carbocycles. The Kier molecular flexibility index (Phi) is 2.59. The smallest absolute Gasteiger partial charge is 0.230 e. The van der Waals surface area contributed by atoms with Crippen molar-refractivity contribution in [2.45, 2.75) is 45.2 Å². The van der Waals surface area contributed by atoms with Gasteiger partial charge in [-0.1, -0.05) is 6.92 Å². The SMILES string of the molecule is CCCc1nnc(CNC2CC2)o1. The van der Waals surface area contributed by atoms with E-state index in [0.29, 0.717) is 6.04 Å². The van der Waals surface area contributed by atoms with Crippen LogP contribution in [0.5, 0.6) is 0 Å². The lowest BCUT2D eigenvalue weighted by Gasteiger charge is -1.95. The van der Waals surface area contributed by atoms with Gasteiger partial charge in [-0.05, 0) is 19.3 Å². The average molecular weight is 181 g/mol. The number of nitrogens with zero attached hydrogens (tertiary/aromatic N) is 2. The van der Waals surface area contributed by atoms with E-state index in [9.17, 15) is 0 Å². The molecule has 13 heavy (non-hydrogen) atoms. The van der Waals surface area contributed by atoms with Gasteiger partial charge >= 0.3 is 0 Å². The Balaban J connectivity index is 1.81. The highest BCUT2D eigenvalue weighted by atomic mass is 16.4. The third-order valence-electron chi connectivity index (χ3n) is 2.09. The summed E-state index contributed by atoms with van der Waals surface area (Å²) in [4.78, 5) is 0. The predicted molar refractivity (Wildman–Crippen MR) is 48.2 cm³/mol. The molecule has 0 aromatic carbocycles. The summed E-state index contributed by atoms with van der Waals surface area (Å²) in [5.74, 6) is 1.48. The Morgan fingerprint density at radius 1 is 1.38 bits per heavy atom. The third kappa shape index (κ3) is 2.52. The molecule has 1 aromatic rings. The van der Waals surface area contributed by atoms with Crippen LogP contribution >= 0.6 is 0 Å². The molecule has 0 saturated heterocycles. The van der Waals surface area contributed by atoms with Crippen LogP contribution in [0.15, 0.2) is 4.42 Å². The largest absolute Gasteiger partial charge is 0.424 e. The van der Waals surface area contributed by atoms with E-state index in [1.807, 2.05) is 0 Å². The van der Waals surface area contributed by atoms with Gasteiger partial charge in [0.15, 0.2) is 0 Å². The van der Waals surface area contributed by atoms with Crippen LogP contribution in [0, 0.1) is 0 Å². The Morgan fingerprint density at radius 2 is 2.15 bits per heavy atom. The van der Waals surface area contributed by atoms with Crippen molar-refractivity contribution >= 4 is 0 Å². The zero-order valence-electron chi connectivity index (χ0n) is 7.92. The third-order valence-corrected chi connectivity index (χ3v) is 2.09. The summed E-state index contributed by atoms with van der Waals surface area (Å²) in [7, 11) is 0. The van der Waals surface area contributed by atoms with Crippen LogP contribution in [0.1, 0.15) is 38.0 Å². The van der Waals surface area contributed by atoms with Crippen molar-refractivity contribution in [1.29, 1.82) is 0 Å². The van der Waals surface area contributed by atoms with Crippen molar-refractivity contribution < 1.29 is 4.42 Å². The zero-order chi connectivity index (χ0) is 9.10. The van der Waals surface area contributed by atoms with E-state index in [0.717, 1.165) is 31.2 Å². The molecule has 1 aliphatic rings. The molecule has 1 aromatic heterocycles. The van der Waals surface area contributed by atoms with Gasteiger partial charge in [0.1, 0.15) is 0 Å². The van der Waals surface area contributed by atoms with Crippen molar-refractivity contribution in [2.75, 3.05) is 0 Å². The number of hydrogen-bond acceptors (Lipinski definition) is 4. The number of nitrogens with one attached hydrogen (secondary N) is 1. The molecule has 0 spiro atoms. The van der Waals surface area contributed by atoms with Gasteiger partial charge in [0, 0.05) is 12.5 Å². The molecule has 0 bridgehead atoms. The van der Waals surface area contributed by atoms with E-state index in [1.54, 1.807) is 0 Å². The first-order chi connectivity index (χ1) is 6.38. The second-order valence-electron chi connectivity index (χ2n) is 3.49. The van der Waals surface area contributed by atoms with E-state index in [1.165, 1.54) is 12.8 Å². The summed E-state index contributed by atoms with van der Waals surface area (Å²) in [6.07, 6.45) is 4.51. The molecule has 0 amide bonds. The Morgan fingerprint density at radius 3 is 2.85 bits per heavy atom. The fourth-order valence-corrected chi connectivity index (χ4v) is 1.19. The van der Waals surface area contributed by atoms with Crippen LogP contribution in [0.2, 0.25) is 0 Å². The first-order valence-electron chi connectivity index (χ1n) is 4.93. The topological polar surface area (TPSA) is 51.0 Å². The van der Waals surface area contributed by atoms with Crippen molar-refractivity contribution in [2.24, 2.45) is 0 Å². The Bertz CT molecular complexity index is 268. The quantitative estimate of drug-likeness (QED) is 0.743. The molecule has 1 heterocycles. The van der Waals surface area contributed by atoms with E-state index in [-0.39, 0.29) is 0 Å². The second-order valence-corrected chi connectivity index (χ2v) is 3.49. The van der Waals surface area contributed by atoms with E-state index in [4.69, 9.17) is 4.42 Å². The summed E-state index contributed by atoms with van der Waals surface area (Å²) >= 11 is 0. The fourth-order valence-electron chi connectivity index (χ4n) is 1.19. The summed E-state index contributed by atoms with van der Waals surface area (Å²) in [6, 6.07) is 0.696. The first-order valence-corrected chi connectivity index (χ1v) is 4.93. The molecule has 1 aliphatic carbocycles. The molecule has 4 nitrogen and oxygen atoms in total. The van der Waals surface area contributed by atoms with Crippen LogP contribution in [0.4, 0.5) is 0 Å². The lowest BCUT2D eigenvalue weighted by atomic mass is 10.3. The molecule has 0 unspecified atom stereocenters. The van der Waals surface area contributed by atoms with Gasteiger partial charge in [-0.25, -0.2) is 0 Å². The maximum absolute atomic E-state index is 5.42. The van der Waals surface area contributed by atoms with Crippen LogP contribution < -0.4 is 5.32 Å². The van der Waals surface area contributed by atoms with Gasteiger partial charge in [0.2, 0.25) is 11.8 Å². The minimum absolute atomic E-state index is 0.696. The van der Waals surface area contributed by atoms with Crippen LogP contribution in [0.25, 0.3) is 0 Å². The number of aromatic nitrogens is 2.